The van der Waals surface area contributed by atoms with Crippen LogP contribution in [0, 0.1) is 6.85 Å². The minimum absolute atomic E-state index is 0.0125. The molecule has 0 aromatic heterocycles. The van der Waals surface area contributed by atoms with Crippen molar-refractivity contribution in [1.29, 1.82) is 0 Å². The second kappa shape index (κ2) is 4.04. The lowest BCUT2D eigenvalue weighted by Crippen LogP contribution is -2.40. The van der Waals surface area contributed by atoms with Crippen molar-refractivity contribution in [3.8, 4) is 5.75 Å². The van der Waals surface area contributed by atoms with E-state index in [1.165, 1.54) is 0 Å². The van der Waals surface area contributed by atoms with Gasteiger partial charge in [-0.1, -0.05) is 11.6 Å². The van der Waals surface area contributed by atoms with Crippen molar-refractivity contribution in [1.82, 2.24) is 0 Å². The second-order valence-corrected chi connectivity index (χ2v) is 3.70. The topological polar surface area (TPSA) is 46.5 Å². The monoisotopic (exact) mass is 261 g/mol. The van der Waals surface area contributed by atoms with Crippen molar-refractivity contribution >= 4 is 12.0 Å². The van der Waals surface area contributed by atoms with Gasteiger partial charge in [0, 0.05) is 9.68 Å². The molecule has 0 saturated carbocycles. The van der Waals surface area contributed by atoms with Crippen LogP contribution in [0.15, 0.2) is 23.8 Å². The Bertz CT molecular complexity index is 620. The summed E-state index contributed by atoms with van der Waals surface area (Å²) in [6.45, 7) is -2.45. The van der Waals surface area contributed by atoms with Crippen LogP contribution in [0.5, 0.6) is 5.75 Å². The van der Waals surface area contributed by atoms with Crippen molar-refractivity contribution < 1.29 is 31.9 Å². The zero-order valence-corrected chi connectivity index (χ0v) is 8.78. The summed E-state index contributed by atoms with van der Waals surface area (Å²) in [5.41, 5.74) is -1.12. The van der Waals surface area contributed by atoms with Gasteiger partial charge < -0.3 is 9.84 Å². The van der Waals surface area contributed by atoms with Gasteiger partial charge in [-0.3, -0.25) is 0 Å². The summed E-state index contributed by atoms with van der Waals surface area (Å²) in [7, 11) is 0. The number of aliphatic carboxylic acids is 1. The molecule has 1 atom stereocenters. The molecule has 0 bridgehead atoms. The molecular weight excluding hydrogens is 249 g/mol. The first-order chi connectivity index (χ1) is 9.50. The summed E-state index contributed by atoms with van der Waals surface area (Å²) < 4.78 is 64.8. The van der Waals surface area contributed by atoms with Gasteiger partial charge in [0.15, 0.2) is 0 Å². The Labute approximate surface area is 105 Å². The van der Waals surface area contributed by atoms with E-state index in [4.69, 9.17) is 9.22 Å². The molecule has 0 saturated heterocycles. The van der Waals surface area contributed by atoms with Crippen LogP contribution in [0.2, 0.25) is 0 Å². The van der Waals surface area contributed by atoms with E-state index >= 15 is 0 Å². The number of hydrogen-bond donors (Lipinski definition) is 1. The number of rotatable bonds is 1. The van der Waals surface area contributed by atoms with Gasteiger partial charge in [0.25, 0.3) is 0 Å². The molecule has 1 N–H and O–H groups in total. The smallest absolute Gasteiger partial charge is 0.430 e. The summed E-state index contributed by atoms with van der Waals surface area (Å²) in [5.74, 6) is -1.99. The lowest BCUT2D eigenvalue weighted by molar-refractivity contribution is -0.187. The predicted octanol–water partition coefficient (Wildman–Crippen LogP) is 2.79. The third-order valence-electron chi connectivity index (χ3n) is 2.39. The number of halogens is 3. The first-order valence-corrected chi connectivity index (χ1v) is 4.83. The fraction of sp³-hybridized carbons (Fsp3) is 0.250. The molecule has 3 nitrogen and oxygen atoms in total. The van der Waals surface area contributed by atoms with Gasteiger partial charge in [-0.05, 0) is 25.1 Å². The first-order valence-electron chi connectivity index (χ1n) is 6.33. The standard InChI is InChI=1S/C12H9F3O3/c1-6-2-3-9-7(4-6)5-8(11(16)17)10(18-9)12(13,14)15/h2-5,10H,1H3,(H,16,17)/i1D3. The molecule has 6 heteroatoms. The summed E-state index contributed by atoms with van der Waals surface area (Å²) >= 11 is 0. The van der Waals surface area contributed by atoms with Gasteiger partial charge in [0.1, 0.15) is 5.75 Å². The minimum Gasteiger partial charge on any atom is -0.478 e. The fourth-order valence-corrected chi connectivity index (χ4v) is 1.62. The SMILES string of the molecule is [2H]C([2H])([2H])c1ccc2c(c1)C=C(C(=O)O)C(C(F)(F)F)O2. The quantitative estimate of drug-likeness (QED) is 0.845. The molecular formula is C12H9F3O3. The number of aryl methyl sites for hydroxylation is 1. The molecule has 1 aromatic rings. The fourth-order valence-electron chi connectivity index (χ4n) is 1.62. The third-order valence-corrected chi connectivity index (χ3v) is 2.39. The van der Waals surface area contributed by atoms with E-state index in [1.807, 2.05) is 0 Å². The van der Waals surface area contributed by atoms with Crippen LogP contribution in [0.1, 0.15) is 15.2 Å². The van der Waals surface area contributed by atoms with Gasteiger partial charge in [-0.25, -0.2) is 4.79 Å². The summed E-state index contributed by atoms with van der Waals surface area (Å²) in [5, 5.41) is 8.87. The van der Waals surface area contributed by atoms with Crippen LogP contribution >= 0.6 is 0 Å². The Morgan fingerprint density at radius 2 is 2.22 bits per heavy atom. The highest BCUT2D eigenvalue weighted by molar-refractivity contribution is 5.95. The molecule has 1 aliphatic rings. The van der Waals surface area contributed by atoms with E-state index in [0.717, 1.165) is 24.3 Å². The zero-order valence-electron chi connectivity index (χ0n) is 11.8. The molecule has 18 heavy (non-hydrogen) atoms. The average molecular weight is 261 g/mol. The Kier molecular flexibility index (Phi) is 2.03. The van der Waals surface area contributed by atoms with Gasteiger partial charge in [-0.2, -0.15) is 13.2 Å². The molecule has 1 aliphatic heterocycles. The zero-order chi connectivity index (χ0) is 16.0. The highest BCUT2D eigenvalue weighted by Crippen LogP contribution is 2.37. The molecule has 1 aromatic carbocycles. The number of alkyl halides is 3. The van der Waals surface area contributed by atoms with E-state index in [9.17, 15) is 18.0 Å². The van der Waals surface area contributed by atoms with Crippen LogP contribution in [0.25, 0.3) is 6.08 Å². The largest absolute Gasteiger partial charge is 0.478 e. The van der Waals surface area contributed by atoms with Gasteiger partial charge in [-0.15, -0.1) is 0 Å². The molecule has 2 rings (SSSR count). The van der Waals surface area contributed by atoms with Crippen LogP contribution in [0.3, 0.4) is 0 Å². The van der Waals surface area contributed by atoms with Crippen molar-refractivity contribution in [3.05, 3.63) is 34.9 Å². The maximum absolute atomic E-state index is 12.8. The number of fused-ring (bicyclic) bond motifs is 1. The Balaban J connectivity index is 2.54. The lowest BCUT2D eigenvalue weighted by Gasteiger charge is -2.27. The number of carbonyl (C=O) groups is 1. The summed E-state index contributed by atoms with van der Waals surface area (Å²) in [6.07, 6.45) is -6.68. The highest BCUT2D eigenvalue weighted by Gasteiger charge is 2.48. The normalized spacial score (nSPS) is 21.8. The summed E-state index contributed by atoms with van der Waals surface area (Å²) in [4.78, 5) is 10.9. The number of carboxylic acid groups (broad SMARTS) is 1. The predicted molar refractivity (Wildman–Crippen MR) is 57.3 cm³/mol. The van der Waals surface area contributed by atoms with Crippen LogP contribution in [-0.2, 0) is 4.79 Å². The Morgan fingerprint density at radius 3 is 2.78 bits per heavy atom. The van der Waals surface area contributed by atoms with Crippen molar-refractivity contribution in [2.45, 2.75) is 19.1 Å². The van der Waals surface area contributed by atoms with Gasteiger partial charge in [0.2, 0.25) is 6.10 Å². The Hall–Kier alpha value is -1.98. The molecule has 0 radical (unpaired) electrons. The average Bonchev–Trinajstić information content (AvgIpc) is 2.34. The highest BCUT2D eigenvalue weighted by atomic mass is 19.4. The first kappa shape index (κ1) is 9.02. The summed E-state index contributed by atoms with van der Waals surface area (Å²) in [6, 6.07) is 3.31. The van der Waals surface area contributed by atoms with E-state index in [0.29, 0.717) is 0 Å². The van der Waals surface area contributed by atoms with Gasteiger partial charge >= 0.3 is 12.1 Å². The number of ether oxygens (including phenoxy) is 1. The Morgan fingerprint density at radius 1 is 1.50 bits per heavy atom. The van der Waals surface area contributed by atoms with Crippen molar-refractivity contribution in [2.75, 3.05) is 0 Å². The molecule has 96 valence electrons. The number of carboxylic acids is 1. The van der Waals surface area contributed by atoms with E-state index in [-0.39, 0.29) is 16.9 Å². The van der Waals surface area contributed by atoms with Gasteiger partial charge in [0.05, 0.1) is 5.57 Å². The van der Waals surface area contributed by atoms with Crippen molar-refractivity contribution in [2.24, 2.45) is 0 Å². The minimum atomic E-state index is -4.88. The third kappa shape index (κ3) is 2.18. The van der Waals surface area contributed by atoms with Crippen LogP contribution < -0.4 is 4.74 Å². The molecule has 1 heterocycles. The second-order valence-electron chi connectivity index (χ2n) is 3.70. The molecule has 1 unspecified atom stereocenters. The molecule has 0 amide bonds. The molecule has 0 spiro atoms. The molecule has 0 fully saturated rings. The number of benzene rings is 1. The van der Waals surface area contributed by atoms with Crippen LogP contribution in [-0.4, -0.2) is 23.4 Å². The van der Waals surface area contributed by atoms with E-state index in [1.54, 1.807) is 0 Å². The van der Waals surface area contributed by atoms with Crippen molar-refractivity contribution in [3.63, 3.8) is 0 Å². The van der Waals surface area contributed by atoms with E-state index < -0.39 is 30.7 Å². The van der Waals surface area contributed by atoms with E-state index in [2.05, 4.69) is 4.74 Å². The van der Waals surface area contributed by atoms with Crippen LogP contribution in [0.4, 0.5) is 13.2 Å². The maximum Gasteiger partial charge on any atom is 0.430 e. The lowest BCUT2D eigenvalue weighted by atomic mass is 10.00. The number of hydrogen-bond acceptors (Lipinski definition) is 2. The maximum atomic E-state index is 12.8. The molecule has 0 aliphatic carbocycles.